The Bertz CT molecular complexity index is 1550. The molecule has 5 nitrogen and oxygen atoms in total. The van der Waals surface area contributed by atoms with Crippen LogP contribution in [0.2, 0.25) is 0 Å². The Morgan fingerprint density at radius 2 is 1.52 bits per heavy atom. The molecule has 0 N–H and O–H groups in total. The fraction of sp³-hybridized carbons (Fsp3) is 0.390. The van der Waals surface area contributed by atoms with E-state index in [2.05, 4.69) is 85.6 Å². The van der Waals surface area contributed by atoms with Gasteiger partial charge in [-0.2, -0.15) is 0 Å². The molecule has 2 atom stereocenters. The summed E-state index contributed by atoms with van der Waals surface area (Å²) < 4.78 is 17.1. The second-order valence-electron chi connectivity index (χ2n) is 12.3. The molecule has 5 heteroatoms. The number of carbonyl (C=O) groups excluding carboxylic acids is 1. The van der Waals surface area contributed by atoms with Gasteiger partial charge in [-0.15, -0.1) is 0 Å². The summed E-state index contributed by atoms with van der Waals surface area (Å²) in [5.41, 5.74) is 10.8. The van der Waals surface area contributed by atoms with Gasteiger partial charge in [0.1, 0.15) is 12.4 Å². The molecule has 242 valence electrons. The van der Waals surface area contributed by atoms with E-state index < -0.39 is 6.10 Å². The Morgan fingerprint density at radius 1 is 0.783 bits per heavy atom. The zero-order valence-electron chi connectivity index (χ0n) is 28.0. The number of aryl methyl sites for hydroxylation is 3. The van der Waals surface area contributed by atoms with Crippen LogP contribution in [-0.2, 0) is 46.4 Å². The molecule has 0 saturated carbocycles. The first-order valence-electron chi connectivity index (χ1n) is 17.0. The summed E-state index contributed by atoms with van der Waals surface area (Å²) in [6.07, 6.45) is 5.19. The highest BCUT2D eigenvalue weighted by molar-refractivity contribution is 5.75. The number of nitrogens with zero attached hydrogens (tertiary/aromatic N) is 1. The van der Waals surface area contributed by atoms with Crippen LogP contribution in [0.5, 0.6) is 5.75 Å². The second-order valence-corrected chi connectivity index (χ2v) is 12.3. The molecule has 0 heterocycles. The highest BCUT2D eigenvalue weighted by Gasteiger charge is 2.28. The number of hydrogen-bond donors (Lipinski definition) is 0. The quantitative estimate of drug-likeness (QED) is 0.127. The van der Waals surface area contributed by atoms with E-state index in [1.807, 2.05) is 38.1 Å². The Hall–Kier alpha value is -3.93. The number of rotatable bonds is 15. The first-order chi connectivity index (χ1) is 22.5. The Labute approximate surface area is 275 Å². The van der Waals surface area contributed by atoms with Crippen LogP contribution in [0, 0.1) is 0 Å². The third-order valence-corrected chi connectivity index (χ3v) is 8.88. The molecule has 1 aliphatic carbocycles. The summed E-state index contributed by atoms with van der Waals surface area (Å²) in [6.45, 7) is 8.10. The topological polar surface area (TPSA) is 48.0 Å². The minimum Gasteiger partial charge on any atom is -0.492 e. The summed E-state index contributed by atoms with van der Waals surface area (Å²) >= 11 is 0. The monoisotopic (exact) mass is 619 g/mol. The van der Waals surface area contributed by atoms with Crippen molar-refractivity contribution in [2.45, 2.75) is 71.4 Å². The molecule has 0 amide bonds. The van der Waals surface area contributed by atoms with Crippen molar-refractivity contribution in [2.24, 2.45) is 0 Å². The van der Waals surface area contributed by atoms with Gasteiger partial charge in [-0.1, -0.05) is 92.2 Å². The van der Waals surface area contributed by atoms with Gasteiger partial charge in [-0.25, -0.2) is 4.79 Å². The predicted octanol–water partition coefficient (Wildman–Crippen LogP) is 7.94. The van der Waals surface area contributed by atoms with Crippen molar-refractivity contribution in [3.63, 3.8) is 0 Å². The summed E-state index contributed by atoms with van der Waals surface area (Å²) in [6, 6.07) is 33.1. The van der Waals surface area contributed by atoms with E-state index in [9.17, 15) is 4.79 Å². The minimum absolute atomic E-state index is 0.156. The fourth-order valence-electron chi connectivity index (χ4n) is 6.59. The van der Waals surface area contributed by atoms with Gasteiger partial charge in [0.2, 0.25) is 0 Å². The fourth-order valence-corrected chi connectivity index (χ4v) is 6.59. The van der Waals surface area contributed by atoms with Crippen LogP contribution in [0.25, 0.3) is 0 Å². The summed E-state index contributed by atoms with van der Waals surface area (Å²) in [4.78, 5) is 14.7. The highest BCUT2D eigenvalue weighted by Crippen LogP contribution is 2.37. The van der Waals surface area contributed by atoms with Crippen molar-refractivity contribution >= 4 is 5.97 Å². The van der Waals surface area contributed by atoms with Gasteiger partial charge in [0.25, 0.3) is 0 Å². The van der Waals surface area contributed by atoms with Gasteiger partial charge in [-0.3, -0.25) is 4.90 Å². The van der Waals surface area contributed by atoms with Crippen LogP contribution in [0.1, 0.15) is 77.7 Å². The van der Waals surface area contributed by atoms with Crippen molar-refractivity contribution in [1.29, 1.82) is 0 Å². The van der Waals surface area contributed by atoms with Crippen molar-refractivity contribution in [3.8, 4) is 5.75 Å². The zero-order chi connectivity index (χ0) is 32.3. The molecule has 4 aromatic carbocycles. The second kappa shape index (κ2) is 16.6. The molecule has 0 aromatic heterocycles. The van der Waals surface area contributed by atoms with Crippen LogP contribution in [-0.4, -0.2) is 50.4 Å². The Morgan fingerprint density at radius 3 is 2.26 bits per heavy atom. The van der Waals surface area contributed by atoms with Gasteiger partial charge in [0, 0.05) is 19.6 Å². The number of fused-ring (bicyclic) bond motifs is 2. The summed E-state index contributed by atoms with van der Waals surface area (Å²) in [7, 11) is 2.23. The van der Waals surface area contributed by atoms with Crippen LogP contribution in [0.4, 0.5) is 0 Å². The van der Waals surface area contributed by atoms with Crippen LogP contribution < -0.4 is 4.74 Å². The molecule has 0 aliphatic heterocycles. The first-order valence-corrected chi connectivity index (χ1v) is 17.0. The van der Waals surface area contributed by atoms with E-state index >= 15 is 0 Å². The lowest BCUT2D eigenvalue weighted by molar-refractivity contribution is -0.156. The Kier molecular flexibility index (Phi) is 12.0. The molecule has 46 heavy (non-hydrogen) atoms. The molecule has 0 spiro atoms. The number of esters is 1. The number of ether oxygens (including phenoxy) is 3. The predicted molar refractivity (Wildman–Crippen MR) is 186 cm³/mol. The summed E-state index contributed by atoms with van der Waals surface area (Å²) in [5.74, 6) is 0.500. The van der Waals surface area contributed by atoms with Crippen molar-refractivity contribution in [2.75, 3.05) is 33.4 Å². The molecule has 5 rings (SSSR count). The van der Waals surface area contributed by atoms with E-state index in [1.165, 1.54) is 38.9 Å². The highest BCUT2D eigenvalue weighted by atomic mass is 16.6. The standard InChI is InChI=1S/C41H49NO4/c1-5-11-30-17-23-37-35(27-30)20-19-34-18-14-33(26-31-12-9-8-10-13-31)28-38(34)40(37)42(4)24-25-46-36-21-15-32(16-22-36)29-39(44-6-2)41(43)45-7-3/h8-10,12-18,21-23,27-28,39-40H,5-7,11,19-20,24-26,29H2,1-4H3. The third kappa shape index (κ3) is 8.65. The van der Waals surface area contributed by atoms with Crippen LogP contribution in [0.15, 0.2) is 91.0 Å². The SMILES string of the molecule is CCCc1ccc2c(c1)CCc1ccc(Cc3ccccc3)cc1C2N(C)CCOc1ccc(CC(OCC)C(=O)OCC)cc1. The van der Waals surface area contributed by atoms with Crippen LogP contribution in [0.3, 0.4) is 0 Å². The first kappa shape index (κ1) is 33.4. The number of likely N-dealkylation sites (N-methyl/N-ethyl adjacent to an activating group) is 1. The van der Waals surface area contributed by atoms with E-state index in [1.54, 1.807) is 0 Å². The lowest BCUT2D eigenvalue weighted by Gasteiger charge is -2.31. The van der Waals surface area contributed by atoms with E-state index in [0.717, 1.165) is 50.0 Å². The van der Waals surface area contributed by atoms with Gasteiger partial charge >= 0.3 is 5.97 Å². The molecule has 0 radical (unpaired) electrons. The zero-order valence-corrected chi connectivity index (χ0v) is 28.0. The number of carbonyl (C=O) groups is 1. The lowest BCUT2D eigenvalue weighted by Crippen LogP contribution is -2.30. The Balaban J connectivity index is 1.31. The largest absolute Gasteiger partial charge is 0.492 e. The maximum Gasteiger partial charge on any atom is 0.335 e. The van der Waals surface area contributed by atoms with Crippen molar-refractivity contribution < 1.29 is 19.0 Å². The summed E-state index contributed by atoms with van der Waals surface area (Å²) in [5, 5.41) is 0. The van der Waals surface area contributed by atoms with E-state index in [0.29, 0.717) is 26.2 Å². The lowest BCUT2D eigenvalue weighted by atomic mass is 9.90. The molecule has 1 aliphatic rings. The van der Waals surface area contributed by atoms with Gasteiger partial charge in [0.05, 0.1) is 12.6 Å². The van der Waals surface area contributed by atoms with Crippen molar-refractivity contribution in [1.82, 2.24) is 4.90 Å². The molecule has 0 saturated heterocycles. The molecule has 2 unspecified atom stereocenters. The third-order valence-electron chi connectivity index (χ3n) is 8.88. The smallest absolute Gasteiger partial charge is 0.335 e. The van der Waals surface area contributed by atoms with Gasteiger partial charge in [0.15, 0.2) is 6.10 Å². The minimum atomic E-state index is -0.595. The van der Waals surface area contributed by atoms with Crippen LogP contribution >= 0.6 is 0 Å². The molecule has 4 aromatic rings. The van der Waals surface area contributed by atoms with E-state index in [4.69, 9.17) is 14.2 Å². The van der Waals surface area contributed by atoms with Crippen molar-refractivity contribution in [3.05, 3.63) is 136 Å². The molecule has 0 fully saturated rings. The normalized spacial score (nSPS) is 14.7. The maximum absolute atomic E-state index is 12.3. The average molecular weight is 620 g/mol. The number of benzene rings is 4. The molecular formula is C41H49NO4. The average Bonchev–Trinajstić information content (AvgIpc) is 3.22. The van der Waals surface area contributed by atoms with Gasteiger partial charge < -0.3 is 14.2 Å². The van der Waals surface area contributed by atoms with E-state index in [-0.39, 0.29) is 12.0 Å². The molecular weight excluding hydrogens is 570 g/mol. The number of hydrogen-bond acceptors (Lipinski definition) is 5. The maximum atomic E-state index is 12.3. The van der Waals surface area contributed by atoms with Gasteiger partial charge in [-0.05, 0) is 103 Å². The molecule has 0 bridgehead atoms.